The Morgan fingerprint density at radius 2 is 2.10 bits per heavy atom. The first kappa shape index (κ1) is 14.5. The molecular weight excluding hydrogens is 292 g/mol. The van der Waals surface area contributed by atoms with Gasteiger partial charge in [-0.15, -0.1) is 11.3 Å². The van der Waals surface area contributed by atoms with Crippen LogP contribution < -0.4 is 10.0 Å². The summed E-state index contributed by atoms with van der Waals surface area (Å²) in [5.74, 6) is 1.20. The molecule has 2 N–H and O–H groups in total. The maximum Gasteiger partial charge on any atom is 0.250 e. The zero-order valence-electron chi connectivity index (χ0n) is 12.0. The Kier molecular flexibility index (Phi) is 3.92. The predicted molar refractivity (Wildman–Crippen MR) is 81.4 cm³/mol. The third-order valence-electron chi connectivity index (χ3n) is 4.20. The van der Waals surface area contributed by atoms with Gasteiger partial charge in [0.2, 0.25) is 10.0 Å². The van der Waals surface area contributed by atoms with E-state index in [0.29, 0.717) is 28.6 Å². The molecule has 1 heterocycles. The minimum Gasteiger partial charge on any atom is -0.309 e. The van der Waals surface area contributed by atoms with E-state index in [9.17, 15) is 8.42 Å². The summed E-state index contributed by atoms with van der Waals surface area (Å²) in [6.45, 7) is 5.52. The van der Waals surface area contributed by atoms with Crippen LogP contribution >= 0.6 is 11.3 Å². The van der Waals surface area contributed by atoms with Crippen molar-refractivity contribution in [2.24, 2.45) is 11.8 Å². The molecule has 0 spiro atoms. The van der Waals surface area contributed by atoms with E-state index in [1.807, 2.05) is 6.92 Å². The summed E-state index contributed by atoms with van der Waals surface area (Å²) in [4.78, 5) is 1.14. The highest BCUT2D eigenvalue weighted by atomic mass is 32.2. The van der Waals surface area contributed by atoms with Gasteiger partial charge in [-0.05, 0) is 49.7 Å². The monoisotopic (exact) mass is 314 g/mol. The van der Waals surface area contributed by atoms with Crippen LogP contribution in [0, 0.1) is 18.8 Å². The summed E-state index contributed by atoms with van der Waals surface area (Å²) in [5.41, 5.74) is 1.07. The van der Waals surface area contributed by atoms with E-state index in [1.165, 1.54) is 24.2 Å². The van der Waals surface area contributed by atoms with Crippen molar-refractivity contribution in [1.82, 2.24) is 10.0 Å². The number of hydrogen-bond donors (Lipinski definition) is 2. The molecule has 0 aromatic carbocycles. The van der Waals surface area contributed by atoms with Gasteiger partial charge in [0, 0.05) is 24.0 Å². The minimum absolute atomic E-state index is 0.455. The summed E-state index contributed by atoms with van der Waals surface area (Å²) in [5, 5.41) is 3.44. The van der Waals surface area contributed by atoms with E-state index < -0.39 is 10.0 Å². The largest absolute Gasteiger partial charge is 0.309 e. The molecular formula is C14H22N2O2S2. The van der Waals surface area contributed by atoms with Crippen LogP contribution in [0.5, 0.6) is 0 Å². The number of rotatable bonds is 7. The summed E-state index contributed by atoms with van der Waals surface area (Å²) >= 11 is 1.40. The normalized spacial score (nSPS) is 25.9. The topological polar surface area (TPSA) is 58.2 Å². The molecule has 0 bridgehead atoms. The second kappa shape index (κ2) is 5.40. The van der Waals surface area contributed by atoms with Crippen molar-refractivity contribution in [3.8, 4) is 0 Å². The van der Waals surface area contributed by atoms with Crippen LogP contribution in [0.4, 0.5) is 0 Å². The van der Waals surface area contributed by atoms with Gasteiger partial charge in [-0.2, -0.15) is 0 Å². The van der Waals surface area contributed by atoms with Gasteiger partial charge in [0.1, 0.15) is 4.21 Å². The molecule has 6 heteroatoms. The molecule has 0 radical (unpaired) electrons. The minimum atomic E-state index is -3.32. The Labute approximate surface area is 125 Å². The Bertz CT molecular complexity index is 590. The van der Waals surface area contributed by atoms with Crippen LogP contribution in [-0.2, 0) is 16.6 Å². The van der Waals surface area contributed by atoms with Gasteiger partial charge in [0.25, 0.3) is 0 Å². The molecule has 0 aliphatic heterocycles. The van der Waals surface area contributed by atoms with Crippen molar-refractivity contribution in [3.63, 3.8) is 0 Å². The van der Waals surface area contributed by atoms with Crippen LogP contribution in [-0.4, -0.2) is 21.0 Å². The molecule has 2 fully saturated rings. The Hall–Kier alpha value is -0.430. The number of hydrogen-bond acceptors (Lipinski definition) is 4. The quantitative estimate of drug-likeness (QED) is 0.811. The highest BCUT2D eigenvalue weighted by molar-refractivity contribution is 7.91. The third-order valence-corrected chi connectivity index (χ3v) is 7.34. The first-order chi connectivity index (χ1) is 9.45. The van der Waals surface area contributed by atoms with Crippen molar-refractivity contribution in [2.45, 2.75) is 49.9 Å². The molecule has 2 aliphatic rings. The fraction of sp³-hybridized carbons (Fsp3) is 0.714. The summed E-state index contributed by atoms with van der Waals surface area (Å²) in [7, 11) is -3.32. The van der Waals surface area contributed by atoms with Gasteiger partial charge < -0.3 is 5.32 Å². The molecule has 1 aromatic rings. The van der Waals surface area contributed by atoms with E-state index in [4.69, 9.17) is 0 Å². The Balaban J connectivity index is 1.63. The van der Waals surface area contributed by atoms with Crippen LogP contribution in [0.15, 0.2) is 10.3 Å². The average molecular weight is 314 g/mol. The molecule has 1 aromatic heterocycles. The van der Waals surface area contributed by atoms with Crippen LogP contribution in [0.2, 0.25) is 0 Å². The molecule has 2 atom stereocenters. The van der Waals surface area contributed by atoms with E-state index in [-0.39, 0.29) is 0 Å². The fourth-order valence-corrected chi connectivity index (χ4v) is 4.97. The molecule has 0 saturated heterocycles. The van der Waals surface area contributed by atoms with Gasteiger partial charge in [0.15, 0.2) is 0 Å². The maximum absolute atomic E-state index is 12.3. The fourth-order valence-electron chi connectivity index (χ4n) is 2.29. The predicted octanol–water partition coefficient (Wildman–Crippen LogP) is 2.24. The standard InChI is InChI=1S/C14H22N2O2S2/c1-9-5-11(9)7-16-20(17,18)14-6-10(2)13(19-14)8-15-12-3-4-12/h6,9,11-12,15-16H,3-5,7-8H2,1-2H3. The lowest BCUT2D eigenvalue weighted by Crippen LogP contribution is -2.25. The van der Waals surface area contributed by atoms with Gasteiger partial charge in [-0.3, -0.25) is 0 Å². The van der Waals surface area contributed by atoms with Crippen molar-refractivity contribution in [2.75, 3.05) is 6.54 Å². The molecule has 2 aliphatic carbocycles. The molecule has 20 heavy (non-hydrogen) atoms. The van der Waals surface area contributed by atoms with Crippen molar-refractivity contribution >= 4 is 21.4 Å². The first-order valence-electron chi connectivity index (χ1n) is 7.28. The smallest absolute Gasteiger partial charge is 0.250 e. The van der Waals surface area contributed by atoms with E-state index in [2.05, 4.69) is 17.0 Å². The summed E-state index contributed by atoms with van der Waals surface area (Å²) in [6, 6.07) is 2.44. The van der Waals surface area contributed by atoms with Gasteiger partial charge >= 0.3 is 0 Å². The highest BCUT2D eigenvalue weighted by Crippen LogP contribution is 2.37. The van der Waals surface area contributed by atoms with Crippen molar-refractivity contribution in [1.29, 1.82) is 0 Å². The number of nitrogens with one attached hydrogen (secondary N) is 2. The number of aryl methyl sites for hydroxylation is 1. The van der Waals surface area contributed by atoms with Crippen molar-refractivity contribution < 1.29 is 8.42 Å². The Morgan fingerprint density at radius 3 is 2.70 bits per heavy atom. The SMILES string of the molecule is Cc1cc(S(=O)(=O)NCC2CC2C)sc1CNC1CC1. The third kappa shape index (κ3) is 3.42. The first-order valence-corrected chi connectivity index (χ1v) is 9.58. The van der Waals surface area contributed by atoms with Crippen LogP contribution in [0.25, 0.3) is 0 Å². The second-order valence-corrected chi connectivity index (χ2v) is 9.28. The number of sulfonamides is 1. The highest BCUT2D eigenvalue weighted by Gasteiger charge is 2.33. The number of thiophene rings is 1. The summed E-state index contributed by atoms with van der Waals surface area (Å²) in [6.07, 6.45) is 3.63. The average Bonchev–Trinajstić information content (AvgIpc) is 3.29. The molecule has 112 valence electrons. The van der Waals surface area contributed by atoms with E-state index in [0.717, 1.165) is 23.4 Å². The molecule has 3 rings (SSSR count). The lowest BCUT2D eigenvalue weighted by molar-refractivity contribution is 0.576. The Morgan fingerprint density at radius 1 is 1.40 bits per heavy atom. The van der Waals surface area contributed by atoms with Gasteiger partial charge in [-0.25, -0.2) is 13.1 Å². The summed E-state index contributed by atoms with van der Waals surface area (Å²) < 4.78 is 27.7. The zero-order chi connectivity index (χ0) is 14.3. The van der Waals surface area contributed by atoms with Crippen LogP contribution in [0.1, 0.15) is 36.6 Å². The van der Waals surface area contributed by atoms with Crippen LogP contribution in [0.3, 0.4) is 0 Å². The lowest BCUT2D eigenvalue weighted by atomic mass is 10.3. The lowest BCUT2D eigenvalue weighted by Gasteiger charge is -2.03. The molecule has 4 nitrogen and oxygen atoms in total. The van der Waals surface area contributed by atoms with E-state index >= 15 is 0 Å². The second-order valence-electron chi connectivity index (χ2n) is 6.15. The maximum atomic E-state index is 12.3. The molecule has 2 saturated carbocycles. The molecule has 0 amide bonds. The molecule has 2 unspecified atom stereocenters. The van der Waals surface area contributed by atoms with Crippen molar-refractivity contribution in [3.05, 3.63) is 16.5 Å². The zero-order valence-corrected chi connectivity index (χ0v) is 13.6. The van der Waals surface area contributed by atoms with Gasteiger partial charge in [-0.1, -0.05) is 6.92 Å². The van der Waals surface area contributed by atoms with Gasteiger partial charge in [0.05, 0.1) is 0 Å². The van der Waals surface area contributed by atoms with E-state index in [1.54, 1.807) is 6.07 Å².